The minimum Gasteiger partial charge on any atom is -0.335 e. The van der Waals surface area contributed by atoms with Crippen LogP contribution >= 0.6 is 23.2 Å². The molecule has 0 unspecified atom stereocenters. The Kier molecular flexibility index (Phi) is 6.07. The fourth-order valence-electron chi connectivity index (χ4n) is 3.56. The Labute approximate surface area is 185 Å². The summed E-state index contributed by atoms with van der Waals surface area (Å²) in [5, 5.41) is 0.844. The first-order chi connectivity index (χ1) is 14.5. The molecule has 0 saturated carbocycles. The van der Waals surface area contributed by atoms with Crippen LogP contribution in [0.4, 0.5) is 0 Å². The number of benzene rings is 3. The molecule has 4 rings (SSSR count). The third-order valence-electron chi connectivity index (χ3n) is 5.25. The monoisotopic (exact) mass is 438 g/mol. The van der Waals surface area contributed by atoms with E-state index in [0.717, 1.165) is 11.1 Å². The van der Waals surface area contributed by atoms with Crippen LogP contribution in [0.25, 0.3) is 11.1 Å². The molecule has 0 N–H and O–H groups in total. The highest BCUT2D eigenvalue weighted by Crippen LogP contribution is 2.23. The molecule has 0 aromatic heterocycles. The molecule has 152 valence electrons. The van der Waals surface area contributed by atoms with Crippen molar-refractivity contribution in [1.29, 1.82) is 0 Å². The molecule has 0 bridgehead atoms. The Bertz CT molecular complexity index is 1060. The minimum absolute atomic E-state index is 0.0255. The number of rotatable bonds is 3. The van der Waals surface area contributed by atoms with Crippen molar-refractivity contribution in [2.45, 2.75) is 0 Å². The average Bonchev–Trinajstić information content (AvgIpc) is 2.80. The second-order valence-corrected chi connectivity index (χ2v) is 8.00. The number of amides is 2. The molecule has 0 aliphatic carbocycles. The van der Waals surface area contributed by atoms with E-state index in [2.05, 4.69) is 0 Å². The van der Waals surface area contributed by atoms with Gasteiger partial charge in [0.2, 0.25) is 0 Å². The van der Waals surface area contributed by atoms with E-state index >= 15 is 0 Å². The van der Waals surface area contributed by atoms with Gasteiger partial charge in [0, 0.05) is 36.8 Å². The normalized spacial score (nSPS) is 13.9. The lowest BCUT2D eigenvalue weighted by Gasteiger charge is -2.35. The van der Waals surface area contributed by atoms with Crippen molar-refractivity contribution in [2.24, 2.45) is 0 Å². The van der Waals surface area contributed by atoms with E-state index in [-0.39, 0.29) is 11.8 Å². The third kappa shape index (κ3) is 4.35. The Balaban J connectivity index is 1.39. The summed E-state index contributed by atoms with van der Waals surface area (Å²) in [6.45, 7) is 1.86. The lowest BCUT2D eigenvalue weighted by molar-refractivity contribution is 0.0535. The summed E-state index contributed by atoms with van der Waals surface area (Å²) in [5.41, 5.74) is 3.22. The second-order valence-electron chi connectivity index (χ2n) is 7.15. The number of halogens is 2. The first-order valence-electron chi connectivity index (χ1n) is 9.72. The summed E-state index contributed by atoms with van der Waals surface area (Å²) in [6, 6.07) is 22.5. The first-order valence-corrected chi connectivity index (χ1v) is 10.5. The highest BCUT2D eigenvalue weighted by Gasteiger charge is 2.26. The molecule has 3 aromatic rings. The van der Waals surface area contributed by atoms with Gasteiger partial charge in [0.05, 0.1) is 10.6 Å². The van der Waals surface area contributed by atoms with Gasteiger partial charge in [-0.25, -0.2) is 0 Å². The molecule has 1 aliphatic heterocycles. The van der Waals surface area contributed by atoms with Crippen molar-refractivity contribution in [1.82, 2.24) is 9.80 Å². The zero-order valence-electron chi connectivity index (χ0n) is 16.2. The number of piperazine rings is 1. The zero-order chi connectivity index (χ0) is 21.1. The van der Waals surface area contributed by atoms with Gasteiger partial charge in [-0.05, 0) is 41.5 Å². The van der Waals surface area contributed by atoms with Crippen LogP contribution in [0.5, 0.6) is 0 Å². The summed E-state index contributed by atoms with van der Waals surface area (Å²) in [7, 11) is 0. The van der Waals surface area contributed by atoms with Crippen molar-refractivity contribution in [3.63, 3.8) is 0 Å². The molecule has 3 aromatic carbocycles. The van der Waals surface area contributed by atoms with Crippen molar-refractivity contribution in [3.8, 4) is 11.1 Å². The van der Waals surface area contributed by atoms with Crippen LogP contribution in [0, 0.1) is 0 Å². The molecule has 1 fully saturated rings. The van der Waals surface area contributed by atoms with Gasteiger partial charge >= 0.3 is 0 Å². The Morgan fingerprint density at radius 1 is 0.667 bits per heavy atom. The summed E-state index contributed by atoms with van der Waals surface area (Å²) < 4.78 is 0. The van der Waals surface area contributed by atoms with Crippen LogP contribution < -0.4 is 0 Å². The molecular weight excluding hydrogens is 419 g/mol. The molecule has 6 heteroatoms. The predicted octanol–water partition coefficient (Wildman–Crippen LogP) is 5.26. The number of hydrogen-bond acceptors (Lipinski definition) is 2. The minimum atomic E-state index is -0.165. The van der Waals surface area contributed by atoms with E-state index in [9.17, 15) is 9.59 Å². The molecule has 1 aliphatic rings. The molecular formula is C24H20Cl2N2O2. The van der Waals surface area contributed by atoms with Gasteiger partial charge in [-0.2, -0.15) is 0 Å². The van der Waals surface area contributed by atoms with E-state index in [1.807, 2.05) is 54.6 Å². The molecule has 1 heterocycles. The molecule has 0 atom stereocenters. The number of nitrogens with zero attached hydrogens (tertiary/aromatic N) is 2. The number of carbonyl (C=O) groups is 2. The lowest BCUT2D eigenvalue weighted by atomic mass is 10.0. The largest absolute Gasteiger partial charge is 0.335 e. The summed E-state index contributed by atoms with van der Waals surface area (Å²) in [4.78, 5) is 29.1. The fourth-order valence-corrected chi connectivity index (χ4v) is 3.93. The maximum atomic E-state index is 12.9. The molecule has 0 radical (unpaired) electrons. The maximum absolute atomic E-state index is 12.9. The van der Waals surface area contributed by atoms with Crippen molar-refractivity contribution in [3.05, 3.63) is 94.0 Å². The molecule has 4 nitrogen and oxygen atoms in total. The quantitative estimate of drug-likeness (QED) is 0.559. The van der Waals surface area contributed by atoms with Crippen LogP contribution in [-0.2, 0) is 0 Å². The first kappa shape index (κ1) is 20.5. The van der Waals surface area contributed by atoms with Gasteiger partial charge in [-0.15, -0.1) is 0 Å². The van der Waals surface area contributed by atoms with Gasteiger partial charge in [-0.3, -0.25) is 9.59 Å². The maximum Gasteiger partial charge on any atom is 0.255 e. The Morgan fingerprint density at radius 3 is 1.87 bits per heavy atom. The highest BCUT2D eigenvalue weighted by atomic mass is 35.5. The topological polar surface area (TPSA) is 40.6 Å². The van der Waals surface area contributed by atoms with Crippen LogP contribution in [0.3, 0.4) is 0 Å². The molecule has 0 spiro atoms. The standard InChI is InChI=1S/C24H20Cl2N2O2/c25-20-10-11-22(26)21(16-20)24(30)28-14-12-27(13-15-28)23(29)19-8-6-18(7-9-19)17-4-2-1-3-5-17/h1-11,16H,12-15H2. The molecule has 2 amide bonds. The van der Waals surface area contributed by atoms with Crippen molar-refractivity contribution >= 4 is 35.0 Å². The van der Waals surface area contributed by atoms with Gasteiger partial charge < -0.3 is 9.80 Å². The van der Waals surface area contributed by atoms with Crippen LogP contribution in [0.15, 0.2) is 72.8 Å². The summed E-state index contributed by atoms with van der Waals surface area (Å²) >= 11 is 12.2. The number of carbonyl (C=O) groups excluding carboxylic acids is 2. The zero-order valence-corrected chi connectivity index (χ0v) is 17.7. The SMILES string of the molecule is O=C(c1ccc(-c2ccccc2)cc1)N1CCN(C(=O)c2cc(Cl)ccc2Cl)CC1. The average molecular weight is 439 g/mol. The Hall–Kier alpha value is -2.82. The van der Waals surface area contributed by atoms with Gasteiger partial charge in [0.15, 0.2) is 0 Å². The van der Waals surface area contributed by atoms with Gasteiger partial charge in [0.25, 0.3) is 11.8 Å². The van der Waals surface area contributed by atoms with E-state index < -0.39 is 0 Å². The smallest absolute Gasteiger partial charge is 0.255 e. The van der Waals surface area contributed by atoms with Crippen LogP contribution in [-0.4, -0.2) is 47.8 Å². The number of hydrogen-bond donors (Lipinski definition) is 0. The Morgan fingerprint density at radius 2 is 1.23 bits per heavy atom. The lowest BCUT2D eigenvalue weighted by Crippen LogP contribution is -2.50. The fraction of sp³-hybridized carbons (Fsp3) is 0.167. The molecule has 30 heavy (non-hydrogen) atoms. The van der Waals surface area contributed by atoms with Gasteiger partial charge in [-0.1, -0.05) is 65.7 Å². The molecule has 1 saturated heterocycles. The van der Waals surface area contributed by atoms with E-state index in [0.29, 0.717) is 47.4 Å². The summed E-state index contributed by atoms with van der Waals surface area (Å²) in [5.74, 6) is -0.190. The van der Waals surface area contributed by atoms with Gasteiger partial charge in [0.1, 0.15) is 0 Å². The van der Waals surface area contributed by atoms with E-state index in [1.165, 1.54) is 0 Å². The highest BCUT2D eigenvalue weighted by molar-refractivity contribution is 6.35. The van der Waals surface area contributed by atoms with Crippen molar-refractivity contribution in [2.75, 3.05) is 26.2 Å². The summed E-state index contributed by atoms with van der Waals surface area (Å²) in [6.07, 6.45) is 0. The van der Waals surface area contributed by atoms with Crippen LogP contribution in [0.2, 0.25) is 10.0 Å². The predicted molar refractivity (Wildman–Crippen MR) is 120 cm³/mol. The van der Waals surface area contributed by atoms with Crippen LogP contribution in [0.1, 0.15) is 20.7 Å². The third-order valence-corrected chi connectivity index (χ3v) is 5.82. The van der Waals surface area contributed by atoms with E-state index in [4.69, 9.17) is 23.2 Å². The van der Waals surface area contributed by atoms with E-state index in [1.54, 1.807) is 28.0 Å². The second kappa shape index (κ2) is 8.90. The van der Waals surface area contributed by atoms with Crippen molar-refractivity contribution < 1.29 is 9.59 Å².